The van der Waals surface area contributed by atoms with Crippen LogP contribution in [0.15, 0.2) is 29.3 Å². The summed E-state index contributed by atoms with van der Waals surface area (Å²) in [6, 6.07) is 6.21. The van der Waals surface area contributed by atoms with Crippen molar-refractivity contribution in [3.8, 4) is 5.75 Å². The number of ether oxygens (including phenoxy) is 2. The maximum Gasteiger partial charge on any atom is 0.191 e. The highest BCUT2D eigenvalue weighted by Gasteiger charge is 2.09. The summed E-state index contributed by atoms with van der Waals surface area (Å²) in [6.45, 7) is 9.80. The largest absolute Gasteiger partial charge is 0.488 e. The van der Waals surface area contributed by atoms with Crippen LogP contribution in [0, 0.1) is 5.82 Å². The van der Waals surface area contributed by atoms with Crippen LogP contribution in [0.5, 0.6) is 5.75 Å². The fraction of sp³-hybridized carbons (Fsp3) is 0.632. The number of rotatable bonds is 12. The first-order chi connectivity index (χ1) is 12.2. The molecular weight excluding hydrogens is 448 g/mol. The van der Waals surface area contributed by atoms with Crippen LogP contribution >= 0.6 is 24.0 Å². The Morgan fingerprint density at radius 2 is 2.00 bits per heavy atom. The molecule has 1 aromatic rings. The van der Waals surface area contributed by atoms with Gasteiger partial charge in [0.05, 0.1) is 6.54 Å². The Labute approximate surface area is 174 Å². The second kappa shape index (κ2) is 16.1. The maximum absolute atomic E-state index is 13.3. The number of benzene rings is 1. The Hall–Kier alpha value is -1.09. The molecule has 1 rings (SSSR count). The zero-order valence-electron chi connectivity index (χ0n) is 16.1. The Bertz CT molecular complexity index is 503. The van der Waals surface area contributed by atoms with E-state index < -0.39 is 0 Å². The standard InChI is InChI=1S/C19H32FN3O2.HI/c1-4-17(25-18-11-9-10-16(20)14-18)15-23-19(21-5-2)22-12-7-8-13-24-6-3;/h9-11,14,17H,4-8,12-13,15H2,1-3H3,(H2,21,22,23);1H. The second-order valence-electron chi connectivity index (χ2n) is 5.66. The van der Waals surface area contributed by atoms with Crippen LogP contribution in [0.3, 0.4) is 0 Å². The van der Waals surface area contributed by atoms with Gasteiger partial charge in [-0.15, -0.1) is 24.0 Å². The Balaban J connectivity index is 0.00000625. The van der Waals surface area contributed by atoms with Gasteiger partial charge in [-0.3, -0.25) is 0 Å². The highest BCUT2D eigenvalue weighted by molar-refractivity contribution is 14.0. The van der Waals surface area contributed by atoms with Crippen molar-refractivity contribution >= 4 is 29.9 Å². The van der Waals surface area contributed by atoms with E-state index in [4.69, 9.17) is 9.47 Å². The fourth-order valence-corrected chi connectivity index (χ4v) is 2.20. The Morgan fingerprint density at radius 1 is 1.19 bits per heavy atom. The number of hydrogen-bond acceptors (Lipinski definition) is 3. The van der Waals surface area contributed by atoms with E-state index in [-0.39, 0.29) is 35.9 Å². The minimum atomic E-state index is -0.294. The summed E-state index contributed by atoms with van der Waals surface area (Å²) in [7, 11) is 0. The number of aliphatic imine (C=N–C) groups is 1. The molecule has 7 heteroatoms. The van der Waals surface area contributed by atoms with E-state index in [1.165, 1.54) is 12.1 Å². The highest BCUT2D eigenvalue weighted by Crippen LogP contribution is 2.15. The monoisotopic (exact) mass is 481 g/mol. The molecule has 0 aliphatic heterocycles. The van der Waals surface area contributed by atoms with Crippen LogP contribution in [0.25, 0.3) is 0 Å². The first-order valence-corrected chi connectivity index (χ1v) is 9.21. The molecule has 0 aliphatic rings. The maximum atomic E-state index is 13.3. The molecule has 0 radical (unpaired) electrons. The molecule has 0 amide bonds. The first-order valence-electron chi connectivity index (χ1n) is 9.21. The normalized spacial score (nSPS) is 12.2. The SMILES string of the molecule is CCNC(=NCC(CC)Oc1cccc(F)c1)NCCCCOCC.I. The number of nitrogens with zero attached hydrogens (tertiary/aromatic N) is 1. The minimum Gasteiger partial charge on any atom is -0.488 e. The molecule has 0 spiro atoms. The van der Waals surface area contributed by atoms with Crippen LogP contribution < -0.4 is 15.4 Å². The van der Waals surface area contributed by atoms with Crippen molar-refractivity contribution in [3.63, 3.8) is 0 Å². The molecule has 0 saturated heterocycles. The summed E-state index contributed by atoms with van der Waals surface area (Å²) in [4.78, 5) is 4.58. The molecule has 0 fully saturated rings. The predicted octanol–water partition coefficient (Wildman–Crippen LogP) is 3.97. The van der Waals surface area contributed by atoms with Crippen molar-refractivity contribution in [1.82, 2.24) is 10.6 Å². The van der Waals surface area contributed by atoms with Gasteiger partial charge >= 0.3 is 0 Å². The van der Waals surface area contributed by atoms with Gasteiger partial charge in [-0.2, -0.15) is 0 Å². The van der Waals surface area contributed by atoms with Crippen molar-refractivity contribution in [2.45, 2.75) is 46.1 Å². The van der Waals surface area contributed by atoms with E-state index >= 15 is 0 Å². The van der Waals surface area contributed by atoms with Crippen LogP contribution in [0.2, 0.25) is 0 Å². The summed E-state index contributed by atoms with van der Waals surface area (Å²) in [5, 5.41) is 6.55. The molecule has 1 aromatic carbocycles. The number of hydrogen-bond donors (Lipinski definition) is 2. The molecule has 0 heterocycles. The van der Waals surface area contributed by atoms with Crippen LogP contribution in [-0.4, -0.2) is 44.9 Å². The van der Waals surface area contributed by atoms with Gasteiger partial charge in [0.1, 0.15) is 17.7 Å². The zero-order valence-corrected chi connectivity index (χ0v) is 18.4. The van der Waals surface area contributed by atoms with Crippen molar-refractivity contribution in [3.05, 3.63) is 30.1 Å². The first kappa shape index (κ1) is 24.9. The number of guanidine groups is 1. The summed E-state index contributed by atoms with van der Waals surface area (Å²) in [5.41, 5.74) is 0. The molecule has 1 unspecified atom stereocenters. The Kier molecular flexibility index (Phi) is 15.4. The summed E-state index contributed by atoms with van der Waals surface area (Å²) < 4.78 is 24.4. The van der Waals surface area contributed by atoms with Gasteiger partial charge in [-0.25, -0.2) is 9.38 Å². The smallest absolute Gasteiger partial charge is 0.191 e. The lowest BCUT2D eigenvalue weighted by atomic mass is 10.2. The zero-order chi connectivity index (χ0) is 18.3. The molecule has 2 N–H and O–H groups in total. The average Bonchev–Trinajstić information content (AvgIpc) is 2.61. The lowest BCUT2D eigenvalue weighted by molar-refractivity contribution is 0.143. The van der Waals surface area contributed by atoms with Gasteiger partial charge in [-0.1, -0.05) is 13.0 Å². The van der Waals surface area contributed by atoms with Gasteiger partial charge < -0.3 is 20.1 Å². The van der Waals surface area contributed by atoms with E-state index in [0.29, 0.717) is 12.3 Å². The van der Waals surface area contributed by atoms with Gasteiger partial charge in [0.15, 0.2) is 5.96 Å². The number of nitrogens with one attached hydrogen (secondary N) is 2. The number of halogens is 2. The van der Waals surface area contributed by atoms with Crippen LogP contribution in [-0.2, 0) is 4.74 Å². The molecule has 0 saturated carbocycles. The summed E-state index contributed by atoms with van der Waals surface area (Å²) >= 11 is 0. The van der Waals surface area contributed by atoms with Crippen LogP contribution in [0.4, 0.5) is 4.39 Å². The van der Waals surface area contributed by atoms with Gasteiger partial charge in [0.25, 0.3) is 0 Å². The van der Waals surface area contributed by atoms with E-state index in [1.54, 1.807) is 12.1 Å². The molecule has 1 atom stereocenters. The predicted molar refractivity (Wildman–Crippen MR) is 116 cm³/mol. The molecule has 26 heavy (non-hydrogen) atoms. The van der Waals surface area contributed by atoms with Crippen molar-refractivity contribution in [2.24, 2.45) is 4.99 Å². The van der Waals surface area contributed by atoms with Crippen molar-refractivity contribution in [2.75, 3.05) is 32.8 Å². The molecule has 150 valence electrons. The summed E-state index contributed by atoms with van der Waals surface area (Å²) in [5.74, 6) is 1.02. The third-order valence-electron chi connectivity index (χ3n) is 3.56. The van der Waals surface area contributed by atoms with E-state index in [0.717, 1.165) is 51.5 Å². The lowest BCUT2D eigenvalue weighted by Crippen LogP contribution is -2.38. The van der Waals surface area contributed by atoms with Crippen molar-refractivity contribution < 1.29 is 13.9 Å². The van der Waals surface area contributed by atoms with E-state index in [1.807, 2.05) is 20.8 Å². The molecule has 0 bridgehead atoms. The summed E-state index contributed by atoms with van der Waals surface area (Å²) in [6.07, 6.45) is 2.77. The fourth-order valence-electron chi connectivity index (χ4n) is 2.20. The topological polar surface area (TPSA) is 54.9 Å². The molecule has 0 aromatic heterocycles. The molecular formula is C19H33FIN3O2. The van der Waals surface area contributed by atoms with Crippen molar-refractivity contribution in [1.29, 1.82) is 0 Å². The highest BCUT2D eigenvalue weighted by atomic mass is 127. The van der Waals surface area contributed by atoms with E-state index in [9.17, 15) is 4.39 Å². The van der Waals surface area contributed by atoms with Gasteiger partial charge in [0.2, 0.25) is 0 Å². The third-order valence-corrected chi connectivity index (χ3v) is 3.56. The van der Waals surface area contributed by atoms with Gasteiger partial charge in [0, 0.05) is 32.4 Å². The van der Waals surface area contributed by atoms with Gasteiger partial charge in [-0.05, 0) is 45.2 Å². The van der Waals surface area contributed by atoms with E-state index in [2.05, 4.69) is 15.6 Å². The lowest BCUT2D eigenvalue weighted by Gasteiger charge is -2.17. The number of unbranched alkanes of at least 4 members (excludes halogenated alkanes) is 1. The Morgan fingerprint density at radius 3 is 2.65 bits per heavy atom. The molecule has 5 nitrogen and oxygen atoms in total. The average molecular weight is 481 g/mol. The third kappa shape index (κ3) is 11.5. The molecule has 0 aliphatic carbocycles. The second-order valence-corrected chi connectivity index (χ2v) is 5.66. The van der Waals surface area contributed by atoms with Crippen LogP contribution in [0.1, 0.15) is 40.0 Å². The quantitative estimate of drug-likeness (QED) is 0.205. The minimum absolute atomic E-state index is 0.